The van der Waals surface area contributed by atoms with Crippen molar-refractivity contribution in [2.45, 2.75) is 5.41 Å². The van der Waals surface area contributed by atoms with Crippen LogP contribution < -0.4 is 4.74 Å². The number of rotatable bonds is 2. The van der Waals surface area contributed by atoms with Crippen LogP contribution in [0.25, 0.3) is 9.15 Å². The molecule has 118 valence electrons. The second-order valence-electron chi connectivity index (χ2n) is 5.90. The Morgan fingerprint density at radius 2 is 1.62 bits per heavy atom. The molecule has 0 atom stereocenters. The van der Waals surface area contributed by atoms with E-state index in [0.717, 1.165) is 11.3 Å². The van der Waals surface area contributed by atoms with Gasteiger partial charge in [0.15, 0.2) is 5.78 Å². The van der Waals surface area contributed by atoms with Gasteiger partial charge in [0.05, 0.1) is 12.5 Å². The largest absolute Gasteiger partial charge is 0.497 e. The summed E-state index contributed by atoms with van der Waals surface area (Å²) in [7, 11) is 1.67. The van der Waals surface area contributed by atoms with Crippen LogP contribution in [0.4, 0.5) is 0 Å². The molecule has 0 amide bonds. The van der Waals surface area contributed by atoms with E-state index in [1.807, 2.05) is 24.3 Å². The maximum Gasteiger partial charge on any atom is 0.178 e. The molecule has 0 unspecified atom stereocenters. The molecular formula is C21H15IO2. The molecule has 2 aromatic carbocycles. The molecule has 0 bridgehead atoms. The van der Waals surface area contributed by atoms with Gasteiger partial charge in [-0.25, -0.2) is 0 Å². The lowest BCUT2D eigenvalue weighted by atomic mass is 9.72. The Morgan fingerprint density at radius 1 is 0.958 bits per heavy atom. The Kier molecular flexibility index (Phi) is 3.68. The average Bonchev–Trinajstić information content (AvgIpc) is 2.87. The van der Waals surface area contributed by atoms with E-state index in [0.29, 0.717) is 0 Å². The fourth-order valence-electron chi connectivity index (χ4n) is 3.49. The predicted molar refractivity (Wildman–Crippen MR) is 105 cm³/mol. The summed E-state index contributed by atoms with van der Waals surface area (Å²) < 4.78 is 6.50. The summed E-state index contributed by atoms with van der Waals surface area (Å²) in [4.78, 5) is 11.7. The molecule has 3 heteroatoms. The van der Waals surface area contributed by atoms with E-state index in [2.05, 4.69) is 59.0 Å². The average molecular weight is 426 g/mol. The van der Waals surface area contributed by atoms with Crippen LogP contribution in [0.1, 0.15) is 16.7 Å². The van der Waals surface area contributed by atoms with Crippen molar-refractivity contribution in [3.8, 4) is 5.75 Å². The third kappa shape index (κ3) is 2.18. The zero-order chi connectivity index (χ0) is 16.7. The summed E-state index contributed by atoms with van der Waals surface area (Å²) in [6.07, 6.45) is 7.41. The highest BCUT2D eigenvalue weighted by Crippen LogP contribution is 2.55. The maximum absolute atomic E-state index is 11.7. The summed E-state index contributed by atoms with van der Waals surface area (Å²) in [5.74, 6) is 0.873. The molecule has 0 fully saturated rings. The highest BCUT2D eigenvalue weighted by molar-refractivity contribution is 14.1. The normalized spacial score (nSPS) is 17.5. The van der Waals surface area contributed by atoms with Crippen LogP contribution in [-0.2, 0) is 10.2 Å². The van der Waals surface area contributed by atoms with E-state index in [4.69, 9.17) is 4.74 Å². The predicted octanol–water partition coefficient (Wildman–Crippen LogP) is 4.95. The minimum Gasteiger partial charge on any atom is -0.497 e. The van der Waals surface area contributed by atoms with Crippen molar-refractivity contribution in [1.29, 1.82) is 0 Å². The number of fused-ring (bicyclic) bond motifs is 2. The van der Waals surface area contributed by atoms with E-state index >= 15 is 0 Å². The Bertz CT molecular complexity index is 901. The fourth-order valence-corrected chi connectivity index (χ4v) is 4.72. The van der Waals surface area contributed by atoms with Gasteiger partial charge in [0.2, 0.25) is 0 Å². The van der Waals surface area contributed by atoms with Crippen molar-refractivity contribution in [3.05, 3.63) is 89.5 Å². The number of benzene rings is 2. The second-order valence-corrected chi connectivity index (χ2v) is 6.98. The molecule has 2 nitrogen and oxygen atoms in total. The molecule has 2 aliphatic rings. The molecular weight excluding hydrogens is 411 g/mol. The van der Waals surface area contributed by atoms with Gasteiger partial charge >= 0.3 is 0 Å². The monoisotopic (exact) mass is 426 g/mol. The summed E-state index contributed by atoms with van der Waals surface area (Å²) >= 11 is 2.42. The zero-order valence-corrected chi connectivity index (χ0v) is 15.3. The van der Waals surface area contributed by atoms with Gasteiger partial charge in [0.25, 0.3) is 0 Å². The first kappa shape index (κ1) is 15.4. The number of carbonyl (C=O) groups excluding carboxylic acids is 1. The van der Waals surface area contributed by atoms with Crippen molar-refractivity contribution in [3.63, 3.8) is 0 Å². The molecule has 0 radical (unpaired) electrons. The minimum absolute atomic E-state index is 0.0362. The van der Waals surface area contributed by atoms with E-state index < -0.39 is 0 Å². The molecule has 1 spiro atoms. The molecule has 0 saturated carbocycles. The molecule has 0 N–H and O–H groups in total. The van der Waals surface area contributed by atoms with Crippen LogP contribution in [-0.4, -0.2) is 12.9 Å². The summed E-state index contributed by atoms with van der Waals surface area (Å²) in [5, 5.41) is 0. The summed E-state index contributed by atoms with van der Waals surface area (Å²) in [5.41, 5.74) is 4.43. The van der Waals surface area contributed by atoms with Crippen molar-refractivity contribution >= 4 is 37.5 Å². The van der Waals surface area contributed by atoms with Crippen LogP contribution in [0.3, 0.4) is 0 Å². The first-order valence-corrected chi connectivity index (χ1v) is 8.80. The Hall–Kier alpha value is -2.14. The van der Waals surface area contributed by atoms with Crippen LogP contribution in [0, 0.1) is 0 Å². The van der Waals surface area contributed by atoms with Crippen LogP contribution in [0.2, 0.25) is 0 Å². The van der Waals surface area contributed by atoms with E-state index in [1.165, 1.54) is 20.3 Å². The van der Waals surface area contributed by atoms with Gasteiger partial charge in [-0.2, -0.15) is 0 Å². The first-order valence-electron chi connectivity index (χ1n) is 7.73. The quantitative estimate of drug-likeness (QED) is 0.636. The number of hydrogen-bond acceptors (Lipinski definition) is 2. The maximum atomic E-state index is 11.7. The van der Waals surface area contributed by atoms with E-state index in [1.54, 1.807) is 19.3 Å². The van der Waals surface area contributed by atoms with Gasteiger partial charge in [-0.1, -0.05) is 48.6 Å². The van der Waals surface area contributed by atoms with E-state index in [9.17, 15) is 4.79 Å². The number of allylic oxidation sites excluding steroid dienone is 5. The Labute approximate surface area is 154 Å². The van der Waals surface area contributed by atoms with Crippen molar-refractivity contribution in [2.24, 2.45) is 0 Å². The van der Waals surface area contributed by atoms with Crippen LogP contribution in [0.5, 0.6) is 5.75 Å². The van der Waals surface area contributed by atoms with Gasteiger partial charge < -0.3 is 4.74 Å². The lowest BCUT2D eigenvalue weighted by molar-refractivity contribution is -0.110. The fraction of sp³-hybridized carbons (Fsp3) is 0.0952. The minimum atomic E-state index is -0.379. The summed E-state index contributed by atoms with van der Waals surface area (Å²) in [6.45, 7) is 0. The third-order valence-corrected chi connectivity index (χ3v) is 5.76. The number of methoxy groups -OCH3 is 1. The standard InChI is InChI=1S/C21H15IO2/c1-24-16-8-6-14(7-9-16)19-20(22)17-4-2-3-5-18(17)21(19)12-10-15(23)11-13-21/h2-13H,1H3. The van der Waals surface area contributed by atoms with Crippen LogP contribution >= 0.6 is 22.6 Å². The zero-order valence-electron chi connectivity index (χ0n) is 13.1. The van der Waals surface area contributed by atoms with Crippen molar-refractivity contribution < 1.29 is 9.53 Å². The van der Waals surface area contributed by atoms with Crippen molar-refractivity contribution in [2.75, 3.05) is 7.11 Å². The van der Waals surface area contributed by atoms with Gasteiger partial charge in [-0.3, -0.25) is 4.79 Å². The van der Waals surface area contributed by atoms with E-state index in [-0.39, 0.29) is 11.2 Å². The number of halogens is 1. The lowest BCUT2D eigenvalue weighted by Gasteiger charge is -2.29. The first-order chi connectivity index (χ1) is 11.7. The van der Waals surface area contributed by atoms with Gasteiger partial charge in [-0.15, -0.1) is 0 Å². The molecule has 0 aliphatic heterocycles. The van der Waals surface area contributed by atoms with Gasteiger partial charge in [0, 0.05) is 3.58 Å². The molecule has 4 rings (SSSR count). The van der Waals surface area contributed by atoms with Crippen LogP contribution in [0.15, 0.2) is 72.8 Å². The lowest BCUT2D eigenvalue weighted by Crippen LogP contribution is -2.23. The Balaban J connectivity index is 1.96. The topological polar surface area (TPSA) is 26.3 Å². The highest BCUT2D eigenvalue weighted by atomic mass is 127. The number of ether oxygens (including phenoxy) is 1. The molecule has 2 aromatic rings. The molecule has 0 saturated heterocycles. The summed E-state index contributed by atoms with van der Waals surface area (Å²) in [6, 6.07) is 16.5. The number of ketones is 1. The second kappa shape index (κ2) is 5.74. The molecule has 0 aromatic heterocycles. The smallest absolute Gasteiger partial charge is 0.178 e. The molecule has 0 heterocycles. The molecule has 2 aliphatic carbocycles. The number of carbonyl (C=O) groups is 1. The van der Waals surface area contributed by atoms with Gasteiger partial charge in [0.1, 0.15) is 5.75 Å². The number of hydrogen-bond donors (Lipinski definition) is 0. The van der Waals surface area contributed by atoms with Gasteiger partial charge in [-0.05, 0) is 69.1 Å². The third-order valence-electron chi connectivity index (χ3n) is 4.64. The Morgan fingerprint density at radius 3 is 2.29 bits per heavy atom. The molecule has 24 heavy (non-hydrogen) atoms. The van der Waals surface area contributed by atoms with Crippen molar-refractivity contribution in [1.82, 2.24) is 0 Å². The SMILES string of the molecule is COc1ccc(C2=C(I)c3ccccc3C23C=CC(=O)C=C3)cc1. The highest BCUT2D eigenvalue weighted by Gasteiger charge is 2.42.